The maximum absolute atomic E-state index is 11.1. The molecule has 0 atom stereocenters. The molecule has 0 amide bonds. The molecular formula is C13H18BrNO2. The Kier molecular flexibility index (Phi) is 5.48. The van der Waals surface area contributed by atoms with E-state index >= 15 is 0 Å². The number of benzene rings is 1. The van der Waals surface area contributed by atoms with Crippen molar-refractivity contribution in [1.82, 2.24) is 0 Å². The van der Waals surface area contributed by atoms with Gasteiger partial charge in [0, 0.05) is 16.7 Å². The van der Waals surface area contributed by atoms with Crippen LogP contribution in [-0.4, -0.2) is 17.6 Å². The van der Waals surface area contributed by atoms with Gasteiger partial charge in [-0.25, -0.2) is 4.79 Å². The second-order valence-electron chi connectivity index (χ2n) is 4.06. The second-order valence-corrected chi connectivity index (χ2v) is 4.97. The Balaban J connectivity index is 2.80. The van der Waals surface area contributed by atoms with Crippen LogP contribution >= 0.6 is 15.9 Å². The first kappa shape index (κ1) is 14.0. The third-order valence-electron chi connectivity index (χ3n) is 2.95. The summed E-state index contributed by atoms with van der Waals surface area (Å²) in [5, 5.41) is 12.3. The summed E-state index contributed by atoms with van der Waals surface area (Å²) in [6, 6.07) is 5.27. The number of anilines is 1. The average Bonchev–Trinajstić information content (AvgIpc) is 2.31. The SMILES string of the molecule is CCC(CC)CNc1ccc(Br)cc1C(=O)O. The van der Waals surface area contributed by atoms with Crippen molar-refractivity contribution in [2.45, 2.75) is 26.7 Å². The number of rotatable bonds is 6. The summed E-state index contributed by atoms with van der Waals surface area (Å²) in [5.41, 5.74) is 0.998. The maximum atomic E-state index is 11.1. The Hall–Kier alpha value is -1.03. The summed E-state index contributed by atoms with van der Waals surface area (Å²) in [4.78, 5) is 11.1. The van der Waals surface area contributed by atoms with Crippen LogP contribution in [0.25, 0.3) is 0 Å². The number of aromatic carboxylic acids is 1. The van der Waals surface area contributed by atoms with Gasteiger partial charge in [-0.05, 0) is 24.1 Å². The first-order chi connectivity index (χ1) is 8.08. The van der Waals surface area contributed by atoms with Crippen molar-refractivity contribution in [3.63, 3.8) is 0 Å². The van der Waals surface area contributed by atoms with Crippen molar-refractivity contribution < 1.29 is 9.90 Å². The summed E-state index contributed by atoms with van der Waals surface area (Å²) < 4.78 is 0.781. The van der Waals surface area contributed by atoms with E-state index < -0.39 is 5.97 Å². The van der Waals surface area contributed by atoms with E-state index in [-0.39, 0.29) is 0 Å². The standard InChI is InChI=1S/C13H18BrNO2/c1-3-9(4-2)8-15-12-6-5-10(14)7-11(12)13(16)17/h5-7,9,15H,3-4,8H2,1-2H3,(H,16,17). The highest BCUT2D eigenvalue weighted by Gasteiger charge is 2.11. The van der Waals surface area contributed by atoms with Crippen molar-refractivity contribution in [2.24, 2.45) is 5.92 Å². The topological polar surface area (TPSA) is 49.3 Å². The highest BCUT2D eigenvalue weighted by atomic mass is 79.9. The van der Waals surface area contributed by atoms with E-state index in [1.807, 2.05) is 6.07 Å². The molecule has 0 aromatic heterocycles. The highest BCUT2D eigenvalue weighted by molar-refractivity contribution is 9.10. The van der Waals surface area contributed by atoms with Crippen LogP contribution in [0.3, 0.4) is 0 Å². The molecule has 4 heteroatoms. The molecule has 0 aliphatic carbocycles. The summed E-state index contributed by atoms with van der Waals surface area (Å²) in [7, 11) is 0. The molecule has 0 aliphatic heterocycles. The molecule has 0 saturated carbocycles. The van der Waals surface area contributed by atoms with Crippen LogP contribution in [-0.2, 0) is 0 Å². The average molecular weight is 300 g/mol. The Morgan fingerprint density at radius 1 is 1.41 bits per heavy atom. The number of hydrogen-bond donors (Lipinski definition) is 2. The van der Waals surface area contributed by atoms with Crippen LogP contribution in [0, 0.1) is 5.92 Å². The number of nitrogens with one attached hydrogen (secondary N) is 1. The molecule has 3 nitrogen and oxygen atoms in total. The fourth-order valence-corrected chi connectivity index (χ4v) is 2.04. The first-order valence-electron chi connectivity index (χ1n) is 5.85. The summed E-state index contributed by atoms with van der Waals surface area (Å²) in [6.45, 7) is 5.11. The van der Waals surface area contributed by atoms with Gasteiger partial charge >= 0.3 is 5.97 Å². The Morgan fingerprint density at radius 3 is 2.59 bits per heavy atom. The molecule has 1 rings (SSSR count). The number of halogens is 1. The minimum absolute atomic E-state index is 0.310. The van der Waals surface area contributed by atoms with Gasteiger partial charge in [0.25, 0.3) is 0 Å². The third-order valence-corrected chi connectivity index (χ3v) is 3.44. The molecular weight excluding hydrogens is 282 g/mol. The molecule has 0 heterocycles. The second kappa shape index (κ2) is 6.64. The molecule has 0 aliphatic rings. The molecule has 1 aromatic carbocycles. The molecule has 2 N–H and O–H groups in total. The summed E-state index contributed by atoms with van der Waals surface area (Å²) in [6.07, 6.45) is 2.20. The minimum atomic E-state index is -0.904. The van der Waals surface area contributed by atoms with E-state index in [2.05, 4.69) is 35.1 Å². The van der Waals surface area contributed by atoms with Gasteiger partial charge in [-0.2, -0.15) is 0 Å². The minimum Gasteiger partial charge on any atom is -0.478 e. The van der Waals surface area contributed by atoms with Gasteiger partial charge in [0.15, 0.2) is 0 Å². The van der Waals surface area contributed by atoms with E-state index in [0.717, 1.165) is 23.9 Å². The molecule has 94 valence electrons. The van der Waals surface area contributed by atoms with E-state index in [0.29, 0.717) is 17.2 Å². The maximum Gasteiger partial charge on any atom is 0.337 e. The van der Waals surface area contributed by atoms with Crippen molar-refractivity contribution in [1.29, 1.82) is 0 Å². The van der Waals surface area contributed by atoms with E-state index in [9.17, 15) is 4.79 Å². The number of carbonyl (C=O) groups is 1. The predicted octanol–water partition coefficient (Wildman–Crippen LogP) is 4.00. The van der Waals surface area contributed by atoms with Crippen LogP contribution in [0.1, 0.15) is 37.0 Å². The molecule has 0 bridgehead atoms. The van der Waals surface area contributed by atoms with Crippen molar-refractivity contribution in [2.75, 3.05) is 11.9 Å². The van der Waals surface area contributed by atoms with Gasteiger partial charge in [-0.15, -0.1) is 0 Å². The van der Waals surface area contributed by atoms with Gasteiger partial charge in [-0.1, -0.05) is 42.6 Å². The summed E-state index contributed by atoms with van der Waals surface area (Å²) >= 11 is 3.28. The van der Waals surface area contributed by atoms with Crippen molar-refractivity contribution in [3.05, 3.63) is 28.2 Å². The van der Waals surface area contributed by atoms with Gasteiger partial charge in [0.2, 0.25) is 0 Å². The number of carboxylic acids is 1. The van der Waals surface area contributed by atoms with Crippen LogP contribution < -0.4 is 5.32 Å². The van der Waals surface area contributed by atoms with E-state index in [1.165, 1.54) is 0 Å². The quantitative estimate of drug-likeness (QED) is 0.835. The number of carboxylic acid groups (broad SMARTS) is 1. The Morgan fingerprint density at radius 2 is 2.06 bits per heavy atom. The van der Waals surface area contributed by atoms with Gasteiger partial charge in [0.05, 0.1) is 5.56 Å². The first-order valence-corrected chi connectivity index (χ1v) is 6.64. The zero-order chi connectivity index (χ0) is 12.8. The van der Waals surface area contributed by atoms with Gasteiger partial charge in [0.1, 0.15) is 0 Å². The molecule has 1 aromatic rings. The normalized spacial score (nSPS) is 10.6. The van der Waals surface area contributed by atoms with E-state index in [4.69, 9.17) is 5.11 Å². The lowest BCUT2D eigenvalue weighted by Gasteiger charge is -2.15. The lowest BCUT2D eigenvalue weighted by Crippen LogP contribution is -2.14. The van der Waals surface area contributed by atoms with Crippen molar-refractivity contribution in [3.8, 4) is 0 Å². The molecule has 0 spiro atoms. The molecule has 0 saturated heterocycles. The van der Waals surface area contributed by atoms with Gasteiger partial charge < -0.3 is 10.4 Å². The van der Waals surface area contributed by atoms with Crippen LogP contribution in [0.5, 0.6) is 0 Å². The van der Waals surface area contributed by atoms with Crippen LogP contribution in [0.2, 0.25) is 0 Å². The lowest BCUT2D eigenvalue weighted by molar-refractivity contribution is 0.0698. The van der Waals surface area contributed by atoms with Crippen molar-refractivity contribution >= 4 is 27.6 Å². The molecule has 17 heavy (non-hydrogen) atoms. The van der Waals surface area contributed by atoms with Crippen LogP contribution in [0.4, 0.5) is 5.69 Å². The smallest absolute Gasteiger partial charge is 0.337 e. The van der Waals surface area contributed by atoms with Crippen LogP contribution in [0.15, 0.2) is 22.7 Å². The largest absolute Gasteiger partial charge is 0.478 e. The predicted molar refractivity (Wildman–Crippen MR) is 73.7 cm³/mol. The van der Waals surface area contributed by atoms with E-state index in [1.54, 1.807) is 12.1 Å². The summed E-state index contributed by atoms with van der Waals surface area (Å²) in [5.74, 6) is -0.321. The Labute approximate surface area is 110 Å². The fourth-order valence-electron chi connectivity index (χ4n) is 1.68. The third kappa shape index (κ3) is 4.04. The monoisotopic (exact) mass is 299 g/mol. The fraction of sp³-hybridized carbons (Fsp3) is 0.462. The molecule has 0 fully saturated rings. The highest BCUT2D eigenvalue weighted by Crippen LogP contribution is 2.22. The molecule has 0 unspecified atom stereocenters. The molecule has 0 radical (unpaired) electrons. The Bertz CT molecular complexity index is 389. The number of hydrogen-bond acceptors (Lipinski definition) is 2. The zero-order valence-electron chi connectivity index (χ0n) is 10.2. The van der Waals surface area contributed by atoms with Gasteiger partial charge in [-0.3, -0.25) is 0 Å². The lowest BCUT2D eigenvalue weighted by atomic mass is 10.0. The zero-order valence-corrected chi connectivity index (χ0v) is 11.8.